The molecule has 1 aromatic rings. The molecule has 0 bridgehead atoms. The first-order chi connectivity index (χ1) is 9.54. The third kappa shape index (κ3) is 4.83. The van der Waals surface area contributed by atoms with Crippen LogP contribution in [-0.4, -0.2) is 28.9 Å². The van der Waals surface area contributed by atoms with Crippen LogP contribution in [0.5, 0.6) is 0 Å². The van der Waals surface area contributed by atoms with Crippen LogP contribution in [0.3, 0.4) is 0 Å². The van der Waals surface area contributed by atoms with E-state index in [9.17, 15) is 27.9 Å². The van der Waals surface area contributed by atoms with E-state index in [0.717, 1.165) is 13.8 Å². The lowest BCUT2D eigenvalue weighted by Crippen LogP contribution is -2.51. The third-order valence-corrected chi connectivity index (χ3v) is 2.61. The van der Waals surface area contributed by atoms with Gasteiger partial charge in [-0.05, 0) is 12.5 Å². The van der Waals surface area contributed by atoms with Gasteiger partial charge in [-0.25, -0.2) is 0 Å². The van der Waals surface area contributed by atoms with Crippen molar-refractivity contribution in [1.29, 1.82) is 0 Å². The minimum absolute atomic E-state index is 0.0569. The molecule has 0 aromatic heterocycles. The fraction of sp³-hybridized carbons (Fsp3) is 0.385. The molecule has 5 nitrogen and oxygen atoms in total. The Bertz CT molecular complexity index is 514. The van der Waals surface area contributed by atoms with Gasteiger partial charge in [-0.2, -0.15) is 0 Å². The van der Waals surface area contributed by atoms with Crippen LogP contribution in [0.4, 0.5) is 13.2 Å². The summed E-state index contributed by atoms with van der Waals surface area (Å²) in [6, 6.07) is 6.96. The molecule has 8 heteroatoms. The number of imide groups is 1. The number of hydrogen-bond donors (Lipinski definition) is 2. The van der Waals surface area contributed by atoms with E-state index < -0.39 is 29.9 Å². The molecule has 0 heterocycles. The smallest absolute Gasteiger partial charge is 0.377 e. The molecule has 2 unspecified atom stereocenters. The van der Waals surface area contributed by atoms with Gasteiger partial charge in [0.2, 0.25) is 5.91 Å². The van der Waals surface area contributed by atoms with Crippen molar-refractivity contribution in [3.63, 3.8) is 0 Å². The summed E-state index contributed by atoms with van der Waals surface area (Å²) in [5.74, 6) is -2.09. The van der Waals surface area contributed by atoms with E-state index in [4.69, 9.17) is 0 Å². The van der Waals surface area contributed by atoms with Crippen LogP contribution in [0.1, 0.15) is 25.5 Å². The molecule has 2 N–H and O–H groups in total. The average Bonchev–Trinajstić information content (AvgIpc) is 2.35. The molecule has 0 aliphatic rings. The minimum Gasteiger partial charge on any atom is -0.377 e. The SMILES string of the molecule is CC(=O)NC(=O)C(C)(O)C(OC(F)(F)F)c1ccccc1. The largest absolute Gasteiger partial charge is 0.523 e. The third-order valence-electron chi connectivity index (χ3n) is 2.61. The van der Waals surface area contributed by atoms with Gasteiger partial charge in [0.25, 0.3) is 5.91 Å². The number of halogens is 3. The summed E-state index contributed by atoms with van der Waals surface area (Å²) >= 11 is 0. The maximum Gasteiger partial charge on any atom is 0.523 e. The number of amides is 2. The highest BCUT2D eigenvalue weighted by Crippen LogP contribution is 2.35. The fourth-order valence-corrected chi connectivity index (χ4v) is 1.67. The zero-order chi connectivity index (χ0) is 16.3. The summed E-state index contributed by atoms with van der Waals surface area (Å²) in [5.41, 5.74) is -2.65. The van der Waals surface area contributed by atoms with Crippen molar-refractivity contribution in [2.75, 3.05) is 0 Å². The molecule has 2 atom stereocenters. The first-order valence-electron chi connectivity index (χ1n) is 5.88. The van der Waals surface area contributed by atoms with Gasteiger partial charge in [0.15, 0.2) is 5.60 Å². The Hall–Kier alpha value is -1.93. The Morgan fingerprint density at radius 1 is 1.24 bits per heavy atom. The van der Waals surface area contributed by atoms with E-state index >= 15 is 0 Å². The van der Waals surface area contributed by atoms with Gasteiger partial charge < -0.3 is 5.11 Å². The minimum atomic E-state index is -5.07. The highest BCUT2D eigenvalue weighted by Gasteiger charge is 2.47. The van der Waals surface area contributed by atoms with E-state index in [1.165, 1.54) is 24.3 Å². The topological polar surface area (TPSA) is 75.6 Å². The summed E-state index contributed by atoms with van der Waals surface area (Å²) in [7, 11) is 0. The van der Waals surface area contributed by atoms with Crippen LogP contribution in [0, 0.1) is 0 Å². The highest BCUT2D eigenvalue weighted by molar-refractivity contribution is 5.98. The number of hydrogen-bond acceptors (Lipinski definition) is 4. The monoisotopic (exact) mass is 305 g/mol. The predicted octanol–water partition coefficient (Wildman–Crippen LogP) is 1.68. The molecule has 1 aromatic carbocycles. The first-order valence-corrected chi connectivity index (χ1v) is 5.88. The Morgan fingerprint density at radius 3 is 2.19 bits per heavy atom. The van der Waals surface area contributed by atoms with Gasteiger partial charge in [-0.3, -0.25) is 19.6 Å². The molecule has 2 amide bonds. The molecule has 1 rings (SSSR count). The fourth-order valence-electron chi connectivity index (χ4n) is 1.67. The lowest BCUT2D eigenvalue weighted by atomic mass is 9.91. The maximum atomic E-state index is 12.5. The molecular formula is C13H14F3NO4. The van der Waals surface area contributed by atoms with Crippen LogP contribution in [0.25, 0.3) is 0 Å². The first kappa shape index (κ1) is 17.1. The van der Waals surface area contributed by atoms with Crippen molar-refractivity contribution in [3.05, 3.63) is 35.9 Å². The number of nitrogens with one attached hydrogen (secondary N) is 1. The summed E-state index contributed by atoms with van der Waals surface area (Å²) in [6.07, 6.45) is -7.08. The summed E-state index contributed by atoms with van der Waals surface area (Å²) in [4.78, 5) is 22.6. The van der Waals surface area contributed by atoms with Gasteiger partial charge in [-0.1, -0.05) is 30.3 Å². The van der Waals surface area contributed by atoms with Crippen LogP contribution >= 0.6 is 0 Å². The van der Waals surface area contributed by atoms with Crippen molar-refractivity contribution in [1.82, 2.24) is 5.32 Å². The molecule has 0 saturated carbocycles. The van der Waals surface area contributed by atoms with Crippen molar-refractivity contribution in [3.8, 4) is 0 Å². The molecule has 0 aliphatic heterocycles. The van der Waals surface area contributed by atoms with Crippen molar-refractivity contribution < 1.29 is 32.6 Å². The second-order valence-corrected chi connectivity index (χ2v) is 4.51. The molecule has 0 spiro atoms. The maximum absolute atomic E-state index is 12.5. The molecule has 0 fully saturated rings. The number of carbonyl (C=O) groups excluding carboxylic acids is 2. The molecular weight excluding hydrogens is 291 g/mol. The highest BCUT2D eigenvalue weighted by atomic mass is 19.4. The summed E-state index contributed by atoms with van der Waals surface area (Å²) in [5, 5.41) is 11.9. The van der Waals surface area contributed by atoms with Crippen LogP contribution < -0.4 is 5.32 Å². The Balaban J connectivity index is 3.17. The van der Waals surface area contributed by atoms with E-state index in [-0.39, 0.29) is 5.56 Å². The van der Waals surface area contributed by atoms with Crippen molar-refractivity contribution >= 4 is 11.8 Å². The van der Waals surface area contributed by atoms with Gasteiger partial charge in [0.1, 0.15) is 6.10 Å². The summed E-state index contributed by atoms with van der Waals surface area (Å²) < 4.78 is 41.4. The van der Waals surface area contributed by atoms with E-state index in [2.05, 4.69) is 4.74 Å². The lowest BCUT2D eigenvalue weighted by Gasteiger charge is -2.31. The van der Waals surface area contributed by atoms with Crippen molar-refractivity contribution in [2.45, 2.75) is 31.9 Å². The number of aliphatic hydroxyl groups is 1. The number of rotatable bonds is 4. The van der Waals surface area contributed by atoms with E-state index in [1.807, 2.05) is 0 Å². The van der Waals surface area contributed by atoms with Crippen LogP contribution in [0.15, 0.2) is 30.3 Å². The van der Waals surface area contributed by atoms with Crippen molar-refractivity contribution in [2.24, 2.45) is 0 Å². The standard InChI is InChI=1S/C13H14F3NO4/c1-8(18)17-11(19)12(2,20)10(21-13(14,15)16)9-6-4-3-5-7-9/h3-7,10,20H,1-2H3,(H,17,18,19). The average molecular weight is 305 g/mol. The Morgan fingerprint density at radius 2 is 1.76 bits per heavy atom. The van der Waals surface area contributed by atoms with Gasteiger partial charge >= 0.3 is 6.36 Å². The van der Waals surface area contributed by atoms with Gasteiger partial charge in [-0.15, -0.1) is 13.2 Å². The number of benzene rings is 1. The molecule has 116 valence electrons. The zero-order valence-electron chi connectivity index (χ0n) is 11.3. The quantitative estimate of drug-likeness (QED) is 0.887. The number of carbonyl (C=O) groups is 2. The van der Waals surface area contributed by atoms with E-state index in [0.29, 0.717) is 0 Å². The van der Waals surface area contributed by atoms with Gasteiger partial charge in [0, 0.05) is 6.92 Å². The van der Waals surface area contributed by atoms with Crippen LogP contribution in [0.2, 0.25) is 0 Å². The van der Waals surface area contributed by atoms with Crippen LogP contribution in [-0.2, 0) is 14.3 Å². The van der Waals surface area contributed by atoms with E-state index in [1.54, 1.807) is 11.4 Å². The predicted molar refractivity (Wildman–Crippen MR) is 65.8 cm³/mol. The second-order valence-electron chi connectivity index (χ2n) is 4.51. The summed E-state index contributed by atoms with van der Waals surface area (Å²) in [6.45, 7) is 1.84. The Kier molecular flexibility index (Phi) is 5.08. The molecule has 0 aliphatic carbocycles. The lowest BCUT2D eigenvalue weighted by molar-refractivity contribution is -0.358. The molecule has 21 heavy (non-hydrogen) atoms. The molecule has 0 radical (unpaired) electrons. The number of alkyl halides is 3. The molecule has 0 saturated heterocycles. The Labute approximate surface area is 118 Å². The van der Waals surface area contributed by atoms with Gasteiger partial charge in [0.05, 0.1) is 0 Å². The number of ether oxygens (including phenoxy) is 1. The zero-order valence-corrected chi connectivity index (χ0v) is 11.3. The second kappa shape index (κ2) is 6.23. The normalized spacial score (nSPS) is 15.9.